The molecule has 0 aliphatic heterocycles. The molecule has 72 valence electrons. The largest absolute Gasteiger partial charge is 0.312 e. The van der Waals surface area contributed by atoms with Gasteiger partial charge in [-0.15, -0.1) is 11.8 Å². The smallest absolute Gasteiger partial charge is 0.266 e. The molecule has 0 aromatic carbocycles. The summed E-state index contributed by atoms with van der Waals surface area (Å²) < 4.78 is 0.528. The fourth-order valence-electron chi connectivity index (χ4n) is 0.713. The van der Waals surface area contributed by atoms with Crippen molar-refractivity contribution in [1.29, 1.82) is 0 Å². The Kier molecular flexibility index (Phi) is 3.99. The maximum absolute atomic E-state index is 11.1. The van der Waals surface area contributed by atoms with E-state index in [1.807, 2.05) is 0 Å². The van der Waals surface area contributed by atoms with Crippen LogP contribution in [-0.4, -0.2) is 15.7 Å². The van der Waals surface area contributed by atoms with E-state index in [4.69, 9.17) is 0 Å². The van der Waals surface area contributed by atoms with E-state index in [-0.39, 0.29) is 5.56 Å². The molecular weight excluding hydrogens is 252 g/mol. The van der Waals surface area contributed by atoms with E-state index in [0.29, 0.717) is 10.4 Å². The van der Waals surface area contributed by atoms with Crippen LogP contribution in [0.3, 0.4) is 0 Å². The summed E-state index contributed by atoms with van der Waals surface area (Å²) in [5.74, 6) is 1.56. The molecular formula is C8H11BrN2OS. The molecule has 1 heterocycles. The Morgan fingerprint density at radius 2 is 2.38 bits per heavy atom. The Labute approximate surface area is 89.5 Å². The van der Waals surface area contributed by atoms with E-state index < -0.39 is 0 Å². The highest BCUT2D eigenvalue weighted by atomic mass is 79.9. The van der Waals surface area contributed by atoms with Gasteiger partial charge in [0.25, 0.3) is 5.56 Å². The number of aromatic amines is 1. The van der Waals surface area contributed by atoms with Crippen LogP contribution in [0.25, 0.3) is 0 Å². The molecule has 0 radical (unpaired) electrons. The Balaban J connectivity index is 2.77. The van der Waals surface area contributed by atoms with Gasteiger partial charge in [0.2, 0.25) is 0 Å². The van der Waals surface area contributed by atoms with Gasteiger partial charge in [-0.05, 0) is 21.8 Å². The van der Waals surface area contributed by atoms with Crippen molar-refractivity contribution in [3.05, 3.63) is 21.2 Å². The summed E-state index contributed by atoms with van der Waals surface area (Å²) in [6, 6.07) is 0. The van der Waals surface area contributed by atoms with Crippen LogP contribution < -0.4 is 5.56 Å². The minimum atomic E-state index is -0.124. The van der Waals surface area contributed by atoms with Crippen LogP contribution in [-0.2, 0) is 0 Å². The van der Waals surface area contributed by atoms with Crippen molar-refractivity contribution in [2.24, 2.45) is 5.92 Å². The second kappa shape index (κ2) is 4.81. The Bertz CT molecular complexity index is 337. The van der Waals surface area contributed by atoms with Gasteiger partial charge in [0.15, 0.2) is 0 Å². The summed E-state index contributed by atoms with van der Waals surface area (Å²) in [5.41, 5.74) is -0.124. The van der Waals surface area contributed by atoms with Crippen molar-refractivity contribution in [3.63, 3.8) is 0 Å². The zero-order valence-corrected chi connectivity index (χ0v) is 9.91. The number of hydrogen-bond donors (Lipinski definition) is 1. The predicted molar refractivity (Wildman–Crippen MR) is 58.1 cm³/mol. The van der Waals surface area contributed by atoms with Crippen molar-refractivity contribution >= 4 is 27.7 Å². The molecule has 1 N–H and O–H groups in total. The second-order valence-corrected chi connectivity index (χ2v) is 4.86. The van der Waals surface area contributed by atoms with E-state index >= 15 is 0 Å². The fraction of sp³-hybridized carbons (Fsp3) is 0.500. The van der Waals surface area contributed by atoms with Crippen LogP contribution in [0.1, 0.15) is 13.8 Å². The first-order chi connectivity index (χ1) is 6.11. The first-order valence-corrected chi connectivity index (χ1v) is 5.75. The van der Waals surface area contributed by atoms with Gasteiger partial charge in [-0.2, -0.15) is 0 Å². The lowest BCUT2D eigenvalue weighted by molar-refractivity contribution is 0.749. The van der Waals surface area contributed by atoms with Crippen molar-refractivity contribution in [2.75, 3.05) is 5.75 Å². The summed E-state index contributed by atoms with van der Waals surface area (Å²) in [7, 11) is 0. The number of rotatable bonds is 3. The fourth-order valence-corrected chi connectivity index (χ4v) is 2.11. The molecule has 0 atom stereocenters. The summed E-state index contributed by atoms with van der Waals surface area (Å²) >= 11 is 4.79. The van der Waals surface area contributed by atoms with E-state index in [0.717, 1.165) is 10.8 Å². The van der Waals surface area contributed by atoms with Crippen LogP contribution in [0.2, 0.25) is 0 Å². The highest BCUT2D eigenvalue weighted by molar-refractivity contribution is 9.10. The van der Waals surface area contributed by atoms with Crippen LogP contribution in [0, 0.1) is 5.92 Å². The second-order valence-electron chi connectivity index (χ2n) is 3.06. The van der Waals surface area contributed by atoms with Crippen LogP contribution in [0.15, 0.2) is 20.6 Å². The highest BCUT2D eigenvalue weighted by Gasteiger charge is 2.06. The zero-order valence-electron chi connectivity index (χ0n) is 7.50. The van der Waals surface area contributed by atoms with E-state index in [1.54, 1.807) is 11.8 Å². The average molecular weight is 263 g/mol. The van der Waals surface area contributed by atoms with Gasteiger partial charge in [-0.25, -0.2) is 4.98 Å². The van der Waals surface area contributed by atoms with Gasteiger partial charge in [0, 0.05) is 5.75 Å². The van der Waals surface area contributed by atoms with E-state index in [1.165, 1.54) is 6.33 Å². The van der Waals surface area contributed by atoms with Gasteiger partial charge in [-0.1, -0.05) is 13.8 Å². The number of nitrogens with one attached hydrogen (secondary N) is 1. The van der Waals surface area contributed by atoms with Gasteiger partial charge in [0.05, 0.1) is 6.33 Å². The Morgan fingerprint density at radius 1 is 1.69 bits per heavy atom. The first-order valence-electron chi connectivity index (χ1n) is 3.97. The zero-order chi connectivity index (χ0) is 9.84. The number of aromatic nitrogens is 2. The summed E-state index contributed by atoms with van der Waals surface area (Å²) in [6.45, 7) is 4.27. The van der Waals surface area contributed by atoms with Crippen molar-refractivity contribution in [2.45, 2.75) is 18.9 Å². The molecule has 0 saturated carbocycles. The third-order valence-electron chi connectivity index (χ3n) is 1.32. The molecule has 0 saturated heterocycles. The molecule has 1 aromatic rings. The summed E-state index contributed by atoms with van der Waals surface area (Å²) in [5, 5.41) is 0.762. The van der Waals surface area contributed by atoms with Crippen LogP contribution in [0.5, 0.6) is 0 Å². The topological polar surface area (TPSA) is 45.8 Å². The monoisotopic (exact) mass is 262 g/mol. The highest BCUT2D eigenvalue weighted by Crippen LogP contribution is 2.22. The van der Waals surface area contributed by atoms with Crippen molar-refractivity contribution < 1.29 is 0 Å². The quantitative estimate of drug-likeness (QED) is 0.672. The third-order valence-corrected chi connectivity index (χ3v) is 3.73. The minimum Gasteiger partial charge on any atom is -0.312 e. The SMILES string of the molecule is CC(C)CSc1nc[nH]c(=O)c1Br. The molecule has 0 aliphatic rings. The van der Waals surface area contributed by atoms with E-state index in [2.05, 4.69) is 39.7 Å². The minimum absolute atomic E-state index is 0.124. The summed E-state index contributed by atoms with van der Waals surface area (Å²) in [6.07, 6.45) is 1.43. The number of nitrogens with zero attached hydrogens (tertiary/aromatic N) is 1. The van der Waals surface area contributed by atoms with Gasteiger partial charge in [-0.3, -0.25) is 4.79 Å². The summed E-state index contributed by atoms with van der Waals surface area (Å²) in [4.78, 5) is 17.7. The van der Waals surface area contributed by atoms with Gasteiger partial charge >= 0.3 is 0 Å². The molecule has 5 heteroatoms. The number of halogens is 1. The standard InChI is InChI=1S/C8H11BrN2OS/c1-5(2)3-13-8-6(9)7(12)10-4-11-8/h4-5H,3H2,1-2H3,(H,10,11,12). The molecule has 1 rings (SSSR count). The maximum Gasteiger partial charge on any atom is 0.266 e. The lowest BCUT2D eigenvalue weighted by Crippen LogP contribution is -2.08. The van der Waals surface area contributed by atoms with Gasteiger partial charge < -0.3 is 4.98 Å². The number of H-pyrrole nitrogens is 1. The lowest BCUT2D eigenvalue weighted by atomic mass is 10.3. The molecule has 0 aliphatic carbocycles. The molecule has 1 aromatic heterocycles. The lowest BCUT2D eigenvalue weighted by Gasteiger charge is -2.03. The van der Waals surface area contributed by atoms with Crippen LogP contribution in [0.4, 0.5) is 0 Å². The van der Waals surface area contributed by atoms with Crippen LogP contribution >= 0.6 is 27.7 Å². The third kappa shape index (κ3) is 3.15. The molecule has 0 spiro atoms. The number of thioether (sulfide) groups is 1. The Hall–Kier alpha value is -0.290. The van der Waals surface area contributed by atoms with E-state index in [9.17, 15) is 4.79 Å². The maximum atomic E-state index is 11.1. The number of hydrogen-bond acceptors (Lipinski definition) is 3. The first kappa shape index (κ1) is 10.8. The molecule has 0 amide bonds. The molecule has 0 unspecified atom stereocenters. The van der Waals surface area contributed by atoms with Crippen molar-refractivity contribution in [1.82, 2.24) is 9.97 Å². The molecule has 0 bridgehead atoms. The van der Waals surface area contributed by atoms with Gasteiger partial charge in [0.1, 0.15) is 9.50 Å². The predicted octanol–water partition coefficient (Wildman–Crippen LogP) is 2.28. The Morgan fingerprint density at radius 3 is 3.00 bits per heavy atom. The normalized spacial score (nSPS) is 10.8. The van der Waals surface area contributed by atoms with Crippen molar-refractivity contribution in [3.8, 4) is 0 Å². The molecule has 13 heavy (non-hydrogen) atoms. The molecule has 0 fully saturated rings. The average Bonchev–Trinajstić information content (AvgIpc) is 2.07. The molecule has 3 nitrogen and oxygen atoms in total.